The van der Waals surface area contributed by atoms with Crippen LogP contribution in [0.3, 0.4) is 0 Å². The van der Waals surface area contributed by atoms with Crippen molar-refractivity contribution in [1.82, 2.24) is 5.32 Å². The normalized spacial score (nSPS) is 10.0. The Morgan fingerprint density at radius 2 is 1.86 bits per heavy atom. The zero-order valence-corrected chi connectivity index (χ0v) is 11.9. The predicted octanol–water partition coefficient (Wildman–Crippen LogP) is 2.77. The van der Waals surface area contributed by atoms with Crippen molar-refractivity contribution in [2.75, 3.05) is 14.2 Å². The van der Waals surface area contributed by atoms with Crippen LogP contribution in [-0.4, -0.2) is 20.1 Å². The summed E-state index contributed by atoms with van der Waals surface area (Å²) in [5.41, 5.74) is 1.12. The summed E-state index contributed by atoms with van der Waals surface area (Å²) in [6.45, 7) is 0.186. The molecule has 0 spiro atoms. The number of amides is 1. The van der Waals surface area contributed by atoms with Crippen LogP contribution in [0.25, 0.3) is 0 Å². The number of nitrogens with one attached hydrogen (secondary N) is 1. The van der Waals surface area contributed by atoms with Crippen molar-refractivity contribution in [3.8, 4) is 11.5 Å². The van der Waals surface area contributed by atoms with Crippen molar-refractivity contribution in [3.05, 3.63) is 59.4 Å². The lowest BCUT2D eigenvalue weighted by molar-refractivity contribution is 0.0959. The summed E-state index contributed by atoms with van der Waals surface area (Å²) in [5, 5.41) is 2.48. The smallest absolute Gasteiger partial charge is 0.254 e. The van der Waals surface area contributed by atoms with Gasteiger partial charge in [-0.05, 0) is 17.7 Å². The fraction of sp³-hybridized carbons (Fsp3) is 0.188. The fourth-order valence-corrected chi connectivity index (χ4v) is 1.92. The minimum absolute atomic E-state index is 0.0672. The third kappa shape index (κ3) is 3.31. The molecule has 0 radical (unpaired) electrons. The quantitative estimate of drug-likeness (QED) is 0.920. The van der Waals surface area contributed by atoms with Gasteiger partial charge in [-0.15, -0.1) is 0 Å². The van der Waals surface area contributed by atoms with Crippen molar-refractivity contribution in [2.45, 2.75) is 6.61 Å². The van der Waals surface area contributed by atoms with Gasteiger partial charge in [-0.3, -0.25) is 4.79 Å². The Kier molecular flexibility index (Phi) is 4.77. The first kappa shape index (κ1) is 14.8. The monoisotopic (exact) mass is 289 g/mol. The number of carbonyl (C=O) groups excluding carboxylic acids is 1. The average Bonchev–Trinajstić information content (AvgIpc) is 2.53. The van der Waals surface area contributed by atoms with Crippen molar-refractivity contribution in [2.24, 2.45) is 0 Å². The van der Waals surface area contributed by atoms with Crippen LogP contribution in [0, 0.1) is 5.82 Å². The molecule has 21 heavy (non-hydrogen) atoms. The predicted molar refractivity (Wildman–Crippen MR) is 77.1 cm³/mol. The summed E-state index contributed by atoms with van der Waals surface area (Å²) in [6, 6.07) is 11.9. The van der Waals surface area contributed by atoms with E-state index in [0.717, 1.165) is 5.56 Å². The van der Waals surface area contributed by atoms with Gasteiger partial charge in [0.15, 0.2) is 17.3 Å². The van der Waals surface area contributed by atoms with Crippen LogP contribution < -0.4 is 14.8 Å². The molecule has 0 aliphatic rings. The topological polar surface area (TPSA) is 47.6 Å². The Balaban J connectivity index is 2.31. The summed E-state index contributed by atoms with van der Waals surface area (Å²) < 4.78 is 24.6. The van der Waals surface area contributed by atoms with Gasteiger partial charge in [0.05, 0.1) is 12.7 Å². The first-order chi connectivity index (χ1) is 10.2. The average molecular weight is 289 g/mol. The van der Waals surface area contributed by atoms with Gasteiger partial charge in [-0.25, -0.2) is 4.39 Å². The number of carbonyl (C=O) groups is 1. The van der Waals surface area contributed by atoms with Gasteiger partial charge in [0.1, 0.15) is 6.61 Å². The van der Waals surface area contributed by atoms with Gasteiger partial charge >= 0.3 is 0 Å². The SMILES string of the molecule is CNC(=O)c1ccc(F)c(OCc2ccccc2)c1OC. The second-order valence-corrected chi connectivity index (χ2v) is 4.31. The summed E-state index contributed by atoms with van der Waals surface area (Å²) in [7, 11) is 2.87. The molecule has 2 rings (SSSR count). The molecule has 110 valence electrons. The first-order valence-corrected chi connectivity index (χ1v) is 6.42. The number of hydrogen-bond donors (Lipinski definition) is 1. The van der Waals surface area contributed by atoms with Crippen molar-refractivity contribution >= 4 is 5.91 Å². The van der Waals surface area contributed by atoms with E-state index in [4.69, 9.17) is 9.47 Å². The van der Waals surface area contributed by atoms with Crippen LogP contribution >= 0.6 is 0 Å². The largest absolute Gasteiger partial charge is 0.492 e. The standard InChI is InChI=1S/C16H16FNO3/c1-18-16(19)12-8-9-13(17)15(14(12)20-2)21-10-11-6-4-3-5-7-11/h3-9H,10H2,1-2H3,(H,18,19). The van der Waals surface area contributed by atoms with Gasteiger partial charge in [0.2, 0.25) is 0 Å². The molecule has 4 nitrogen and oxygen atoms in total. The molecule has 0 heterocycles. The third-order valence-electron chi connectivity index (χ3n) is 2.97. The van der Waals surface area contributed by atoms with Crippen LogP contribution in [0.15, 0.2) is 42.5 Å². The summed E-state index contributed by atoms with van der Waals surface area (Å²) in [4.78, 5) is 11.8. The molecule has 5 heteroatoms. The number of benzene rings is 2. The minimum atomic E-state index is -0.574. The Bertz CT molecular complexity index is 629. The van der Waals surface area contributed by atoms with E-state index < -0.39 is 5.82 Å². The highest BCUT2D eigenvalue weighted by Gasteiger charge is 2.20. The molecule has 0 saturated carbocycles. The van der Waals surface area contributed by atoms with E-state index in [0.29, 0.717) is 0 Å². The van der Waals surface area contributed by atoms with Crippen LogP contribution in [0.5, 0.6) is 11.5 Å². The first-order valence-electron chi connectivity index (χ1n) is 6.42. The van der Waals surface area contributed by atoms with Gasteiger partial charge < -0.3 is 14.8 Å². The molecule has 2 aromatic carbocycles. The van der Waals surface area contributed by atoms with Gasteiger partial charge in [-0.2, -0.15) is 0 Å². The lowest BCUT2D eigenvalue weighted by Gasteiger charge is -2.14. The maximum absolute atomic E-state index is 14.0. The van der Waals surface area contributed by atoms with E-state index in [1.165, 1.54) is 26.3 Å². The highest BCUT2D eigenvalue weighted by molar-refractivity contribution is 5.97. The van der Waals surface area contributed by atoms with E-state index >= 15 is 0 Å². The molecular weight excluding hydrogens is 273 g/mol. The zero-order chi connectivity index (χ0) is 15.2. The van der Waals surface area contributed by atoms with Gasteiger partial charge in [-0.1, -0.05) is 30.3 Å². The molecule has 0 aromatic heterocycles. The molecular formula is C16H16FNO3. The van der Waals surface area contributed by atoms with Gasteiger partial charge in [0.25, 0.3) is 5.91 Å². The van der Waals surface area contributed by atoms with Crippen molar-refractivity contribution in [1.29, 1.82) is 0 Å². The molecule has 0 atom stereocenters. The summed E-state index contributed by atoms with van der Waals surface area (Å²) in [5.74, 6) is -0.917. The van der Waals surface area contributed by atoms with Gasteiger partial charge in [0, 0.05) is 7.05 Å². The van der Waals surface area contributed by atoms with E-state index in [9.17, 15) is 9.18 Å². The third-order valence-corrected chi connectivity index (χ3v) is 2.97. The Labute approximate surface area is 122 Å². The van der Waals surface area contributed by atoms with E-state index in [-0.39, 0.29) is 29.6 Å². The van der Waals surface area contributed by atoms with Crippen LogP contribution in [0.1, 0.15) is 15.9 Å². The molecule has 0 saturated heterocycles. The fourth-order valence-electron chi connectivity index (χ4n) is 1.92. The van der Waals surface area contributed by atoms with Crippen LogP contribution in [0.4, 0.5) is 4.39 Å². The van der Waals surface area contributed by atoms with E-state index in [1.807, 2.05) is 30.3 Å². The molecule has 0 aliphatic heterocycles. The second kappa shape index (κ2) is 6.74. The molecule has 0 aliphatic carbocycles. The number of methoxy groups -OCH3 is 1. The van der Waals surface area contributed by atoms with Crippen molar-refractivity contribution < 1.29 is 18.7 Å². The zero-order valence-electron chi connectivity index (χ0n) is 11.9. The number of halogens is 1. The molecule has 0 bridgehead atoms. The molecule has 2 aromatic rings. The maximum Gasteiger partial charge on any atom is 0.254 e. The van der Waals surface area contributed by atoms with Crippen molar-refractivity contribution in [3.63, 3.8) is 0 Å². The highest BCUT2D eigenvalue weighted by atomic mass is 19.1. The van der Waals surface area contributed by atoms with Crippen LogP contribution in [-0.2, 0) is 6.61 Å². The Morgan fingerprint density at radius 3 is 2.48 bits per heavy atom. The highest BCUT2D eigenvalue weighted by Crippen LogP contribution is 2.34. The lowest BCUT2D eigenvalue weighted by atomic mass is 10.1. The lowest BCUT2D eigenvalue weighted by Crippen LogP contribution is -2.19. The minimum Gasteiger partial charge on any atom is -0.492 e. The van der Waals surface area contributed by atoms with E-state index in [1.54, 1.807) is 0 Å². The molecule has 1 amide bonds. The van der Waals surface area contributed by atoms with Crippen LogP contribution in [0.2, 0.25) is 0 Å². The maximum atomic E-state index is 14.0. The Morgan fingerprint density at radius 1 is 1.14 bits per heavy atom. The number of hydrogen-bond acceptors (Lipinski definition) is 3. The summed E-state index contributed by atoms with van der Waals surface area (Å²) in [6.07, 6.45) is 0. The number of rotatable bonds is 5. The molecule has 0 fully saturated rings. The molecule has 0 unspecified atom stereocenters. The molecule has 1 N–H and O–H groups in total. The Hall–Kier alpha value is -2.56. The summed E-state index contributed by atoms with van der Waals surface area (Å²) >= 11 is 0. The van der Waals surface area contributed by atoms with E-state index in [2.05, 4.69) is 5.32 Å². The number of ether oxygens (including phenoxy) is 2. The second-order valence-electron chi connectivity index (χ2n) is 4.31.